The fourth-order valence-corrected chi connectivity index (χ4v) is 1.88. The lowest BCUT2D eigenvalue weighted by atomic mass is 10.0. The molecule has 0 bridgehead atoms. The SMILES string of the molecule is NC(=S)Nc1ccc(-c2cccc(C(F)(F)F)c2)cc1. The maximum absolute atomic E-state index is 12.7. The summed E-state index contributed by atoms with van der Waals surface area (Å²) in [5.41, 5.74) is 6.54. The number of hydrogen-bond donors (Lipinski definition) is 2. The molecule has 6 heteroatoms. The van der Waals surface area contributed by atoms with E-state index in [0.717, 1.165) is 12.1 Å². The highest BCUT2D eigenvalue weighted by atomic mass is 32.1. The molecule has 0 saturated carbocycles. The number of hydrogen-bond acceptors (Lipinski definition) is 1. The topological polar surface area (TPSA) is 38.0 Å². The van der Waals surface area contributed by atoms with Crippen molar-refractivity contribution in [3.63, 3.8) is 0 Å². The van der Waals surface area contributed by atoms with E-state index in [1.165, 1.54) is 6.07 Å². The summed E-state index contributed by atoms with van der Waals surface area (Å²) in [5.74, 6) is 0. The molecule has 0 aliphatic rings. The minimum Gasteiger partial charge on any atom is -0.376 e. The Kier molecular flexibility index (Phi) is 3.94. The first-order valence-electron chi connectivity index (χ1n) is 5.70. The third kappa shape index (κ3) is 3.48. The van der Waals surface area contributed by atoms with Crippen LogP contribution in [-0.2, 0) is 6.18 Å². The second-order valence-electron chi connectivity index (χ2n) is 4.15. The van der Waals surface area contributed by atoms with E-state index in [2.05, 4.69) is 5.32 Å². The first-order chi connectivity index (χ1) is 9.36. The smallest absolute Gasteiger partial charge is 0.376 e. The number of alkyl halides is 3. The van der Waals surface area contributed by atoms with Crippen molar-refractivity contribution in [1.29, 1.82) is 0 Å². The molecule has 0 amide bonds. The number of nitrogens with two attached hydrogens (primary N) is 1. The lowest BCUT2D eigenvalue weighted by Gasteiger charge is -2.09. The van der Waals surface area contributed by atoms with Gasteiger partial charge >= 0.3 is 6.18 Å². The predicted molar refractivity (Wildman–Crippen MR) is 77.3 cm³/mol. The summed E-state index contributed by atoms with van der Waals surface area (Å²) in [5, 5.41) is 2.88. The van der Waals surface area contributed by atoms with Crippen molar-refractivity contribution in [2.75, 3.05) is 5.32 Å². The molecule has 0 heterocycles. The lowest BCUT2D eigenvalue weighted by molar-refractivity contribution is -0.137. The van der Waals surface area contributed by atoms with Gasteiger partial charge in [-0.2, -0.15) is 13.2 Å². The number of halogens is 3. The maximum atomic E-state index is 12.7. The van der Waals surface area contributed by atoms with Crippen molar-refractivity contribution in [2.24, 2.45) is 5.73 Å². The van der Waals surface area contributed by atoms with Crippen LogP contribution < -0.4 is 11.1 Å². The van der Waals surface area contributed by atoms with E-state index >= 15 is 0 Å². The number of nitrogens with one attached hydrogen (secondary N) is 1. The first-order valence-corrected chi connectivity index (χ1v) is 6.11. The minimum absolute atomic E-state index is 0.136. The monoisotopic (exact) mass is 296 g/mol. The molecule has 104 valence electrons. The Bertz CT molecular complexity index is 621. The van der Waals surface area contributed by atoms with Crippen LogP contribution in [0.15, 0.2) is 48.5 Å². The Morgan fingerprint density at radius 2 is 1.65 bits per heavy atom. The quantitative estimate of drug-likeness (QED) is 0.822. The molecule has 0 aliphatic heterocycles. The molecule has 0 radical (unpaired) electrons. The van der Waals surface area contributed by atoms with Gasteiger partial charge in [0.15, 0.2) is 5.11 Å². The van der Waals surface area contributed by atoms with Crippen LogP contribution in [0.1, 0.15) is 5.56 Å². The Labute approximate surface area is 119 Å². The molecule has 3 N–H and O–H groups in total. The molecular formula is C14H11F3N2S. The second kappa shape index (κ2) is 5.50. The van der Waals surface area contributed by atoms with Gasteiger partial charge in [0.25, 0.3) is 0 Å². The molecule has 0 fully saturated rings. The summed E-state index contributed by atoms with van der Waals surface area (Å²) in [6, 6.07) is 12.0. The normalized spacial score (nSPS) is 11.2. The van der Waals surface area contributed by atoms with Gasteiger partial charge < -0.3 is 11.1 Å². The maximum Gasteiger partial charge on any atom is 0.416 e. The third-order valence-electron chi connectivity index (χ3n) is 2.68. The summed E-state index contributed by atoms with van der Waals surface area (Å²) >= 11 is 4.70. The van der Waals surface area contributed by atoms with Crippen molar-refractivity contribution in [2.45, 2.75) is 6.18 Å². The van der Waals surface area contributed by atoms with E-state index in [9.17, 15) is 13.2 Å². The average Bonchev–Trinajstić information content (AvgIpc) is 2.38. The van der Waals surface area contributed by atoms with Gasteiger partial charge in [-0.25, -0.2) is 0 Å². The largest absolute Gasteiger partial charge is 0.416 e. The van der Waals surface area contributed by atoms with Crippen molar-refractivity contribution in [3.05, 3.63) is 54.1 Å². The van der Waals surface area contributed by atoms with Gasteiger partial charge in [0.05, 0.1) is 5.56 Å². The van der Waals surface area contributed by atoms with Gasteiger partial charge in [-0.3, -0.25) is 0 Å². The highest BCUT2D eigenvalue weighted by Crippen LogP contribution is 2.32. The minimum atomic E-state index is -4.34. The number of anilines is 1. The van der Waals surface area contributed by atoms with Crippen LogP contribution in [0.3, 0.4) is 0 Å². The third-order valence-corrected chi connectivity index (χ3v) is 2.78. The zero-order chi connectivity index (χ0) is 14.8. The summed E-state index contributed by atoms with van der Waals surface area (Å²) in [7, 11) is 0. The summed E-state index contributed by atoms with van der Waals surface area (Å²) in [6.07, 6.45) is -4.34. The van der Waals surface area contributed by atoms with Gasteiger partial charge in [0.2, 0.25) is 0 Å². The average molecular weight is 296 g/mol. The van der Waals surface area contributed by atoms with Crippen LogP contribution in [0.4, 0.5) is 18.9 Å². The van der Waals surface area contributed by atoms with Gasteiger partial charge in [0.1, 0.15) is 0 Å². The molecule has 2 aromatic rings. The molecule has 2 rings (SSSR count). The van der Waals surface area contributed by atoms with Crippen molar-refractivity contribution < 1.29 is 13.2 Å². The van der Waals surface area contributed by atoms with E-state index in [1.807, 2.05) is 0 Å². The summed E-state index contributed by atoms with van der Waals surface area (Å²) in [6.45, 7) is 0. The fourth-order valence-electron chi connectivity index (χ4n) is 1.76. The van der Waals surface area contributed by atoms with Crippen LogP contribution in [0.2, 0.25) is 0 Å². The van der Waals surface area contributed by atoms with Crippen LogP contribution in [0.5, 0.6) is 0 Å². The summed E-state index contributed by atoms with van der Waals surface area (Å²) in [4.78, 5) is 0. The molecule has 0 unspecified atom stereocenters. The highest BCUT2D eigenvalue weighted by molar-refractivity contribution is 7.80. The van der Waals surface area contributed by atoms with Crippen molar-refractivity contribution in [1.82, 2.24) is 0 Å². The standard InChI is InChI=1S/C14H11F3N2S/c15-14(16,17)11-3-1-2-10(8-11)9-4-6-12(7-5-9)19-13(18)20/h1-8H,(H3,18,19,20). The second-order valence-corrected chi connectivity index (χ2v) is 4.58. The molecule has 2 nitrogen and oxygen atoms in total. The first kappa shape index (κ1) is 14.3. The van der Waals surface area contributed by atoms with Crippen molar-refractivity contribution >= 4 is 23.0 Å². The summed E-state index contributed by atoms with van der Waals surface area (Å²) < 4.78 is 38.0. The van der Waals surface area contributed by atoms with Crippen LogP contribution in [0.25, 0.3) is 11.1 Å². The van der Waals surface area contributed by atoms with E-state index in [1.54, 1.807) is 30.3 Å². The molecule has 2 aromatic carbocycles. The molecule has 0 saturated heterocycles. The fraction of sp³-hybridized carbons (Fsp3) is 0.0714. The highest BCUT2D eigenvalue weighted by Gasteiger charge is 2.30. The van der Waals surface area contributed by atoms with Crippen molar-refractivity contribution in [3.8, 4) is 11.1 Å². The Hall–Kier alpha value is -2.08. The Balaban J connectivity index is 2.30. The van der Waals surface area contributed by atoms with E-state index < -0.39 is 11.7 Å². The lowest BCUT2D eigenvalue weighted by Crippen LogP contribution is -2.18. The number of rotatable bonds is 2. The molecular weight excluding hydrogens is 285 g/mol. The predicted octanol–water partition coefficient (Wildman–Crippen LogP) is 4.03. The van der Waals surface area contributed by atoms with E-state index in [4.69, 9.17) is 18.0 Å². The van der Waals surface area contributed by atoms with Gasteiger partial charge in [-0.15, -0.1) is 0 Å². The van der Waals surface area contributed by atoms with E-state index in [0.29, 0.717) is 16.8 Å². The number of thiocarbonyl (C=S) groups is 1. The zero-order valence-corrected chi connectivity index (χ0v) is 11.1. The van der Waals surface area contributed by atoms with E-state index in [-0.39, 0.29) is 5.11 Å². The molecule has 0 atom stereocenters. The molecule has 0 aliphatic carbocycles. The van der Waals surface area contributed by atoms with Gasteiger partial charge in [0, 0.05) is 5.69 Å². The van der Waals surface area contributed by atoms with Crippen LogP contribution in [0, 0.1) is 0 Å². The van der Waals surface area contributed by atoms with Gasteiger partial charge in [-0.1, -0.05) is 24.3 Å². The Morgan fingerprint density at radius 3 is 2.20 bits per heavy atom. The Morgan fingerprint density at radius 1 is 1.00 bits per heavy atom. The molecule has 0 spiro atoms. The molecule has 20 heavy (non-hydrogen) atoms. The molecule has 0 aromatic heterocycles. The van der Waals surface area contributed by atoms with Crippen LogP contribution in [-0.4, -0.2) is 5.11 Å². The van der Waals surface area contributed by atoms with Gasteiger partial charge in [-0.05, 0) is 47.6 Å². The zero-order valence-electron chi connectivity index (χ0n) is 10.2. The number of benzene rings is 2. The van der Waals surface area contributed by atoms with Crippen LogP contribution >= 0.6 is 12.2 Å².